The van der Waals surface area contributed by atoms with Crippen LogP contribution in [0, 0.1) is 35.5 Å². The molecule has 74 heavy (non-hydrogen) atoms. The minimum absolute atomic E-state index is 0.0286. The van der Waals surface area contributed by atoms with E-state index in [1.54, 1.807) is 40.9 Å². The number of rotatable bonds is 14. The van der Waals surface area contributed by atoms with E-state index in [1.807, 2.05) is 51.2 Å². The molecule has 0 aromatic rings. The number of Topliss-reactive ketones (excluding diaryl/α,β-unsaturated/α-hetero) is 3. The van der Waals surface area contributed by atoms with Crippen LogP contribution in [0.2, 0.25) is 0 Å². The van der Waals surface area contributed by atoms with Gasteiger partial charge < -0.3 is 53.0 Å². The number of esters is 1. The van der Waals surface area contributed by atoms with Crippen molar-refractivity contribution in [2.45, 2.75) is 187 Å². The number of allylic oxidation sites excluding steroid dienone is 6. The molecule has 420 valence electrons. The number of aliphatic hydroxyl groups is 2. The first-order chi connectivity index (χ1) is 35.1. The van der Waals surface area contributed by atoms with Crippen molar-refractivity contribution in [1.29, 1.82) is 0 Å². The Balaban J connectivity index is 1.71. The van der Waals surface area contributed by atoms with Gasteiger partial charge in [0.2, 0.25) is 5.79 Å². The number of hydrogen-bond acceptors (Lipinski definition) is 15. The number of nitrogens with zero attached hydrogens (tertiary/aromatic N) is 1. The predicted molar refractivity (Wildman–Crippen MR) is 272 cm³/mol. The van der Waals surface area contributed by atoms with E-state index in [-0.39, 0.29) is 62.4 Å². The number of methoxy groups -OCH3 is 3. The van der Waals surface area contributed by atoms with Gasteiger partial charge in [0, 0.05) is 58.5 Å². The molecule has 4 rings (SSSR count). The number of amides is 1. The topological polar surface area (TPSA) is 203 Å². The number of fused-ring (bicyclic) bond motifs is 3. The number of piperidine rings is 1. The maximum Gasteiger partial charge on any atom is 0.345 e. The summed E-state index contributed by atoms with van der Waals surface area (Å²) in [6, 6.07) is -1.22. The highest BCUT2D eigenvalue weighted by Crippen LogP contribution is 2.38. The third-order valence-electron chi connectivity index (χ3n) is 15.4. The van der Waals surface area contributed by atoms with Crippen LogP contribution in [0.4, 0.5) is 8.78 Å². The molecule has 1 amide bonds. The van der Waals surface area contributed by atoms with E-state index in [2.05, 4.69) is 0 Å². The lowest BCUT2D eigenvalue weighted by molar-refractivity contribution is -0.266. The van der Waals surface area contributed by atoms with Crippen LogP contribution in [0.15, 0.2) is 47.6 Å². The summed E-state index contributed by atoms with van der Waals surface area (Å²) in [6.45, 7) is 10.8. The SMILES string of the molecule is COCCOCCO[C@H]1C[C@@H]2CC[C@@H](C)[C@@](O)(O2)C(=O)C(=O)N2CCCC[C@H]2C(=O)O[C@H]([C@H](C)C[C@@H]2CC[C@@H](OC(F)F)[C@H](OC)C2)CC(=O)[C@H](C)/C=C(\C)[C@@H](O)[C@@H](OC)C(=O)[C@H](C)C[C@H](C)/C=C/C=CC=C1C. The Morgan fingerprint density at radius 3 is 2.26 bits per heavy atom. The minimum Gasteiger partial charge on any atom is -0.460 e. The van der Waals surface area contributed by atoms with Crippen LogP contribution in [0.1, 0.15) is 126 Å². The fourth-order valence-electron chi connectivity index (χ4n) is 10.8. The third kappa shape index (κ3) is 18.3. The zero-order chi connectivity index (χ0) is 54.7. The number of ketones is 3. The van der Waals surface area contributed by atoms with Gasteiger partial charge in [-0.1, -0.05) is 71.1 Å². The number of hydrogen-bond donors (Lipinski definition) is 2. The number of carbonyl (C=O) groups is 5. The molecule has 16 nitrogen and oxygen atoms in total. The minimum atomic E-state index is -2.96. The molecule has 4 aliphatic rings. The standard InChI is InChI=1S/C56H87F2NO15/c1-34-16-12-11-13-17-35(2)46(71-27-26-70-25-24-67-8)32-42-21-19-40(7)56(66,74-42)52(63)53(64)59-23-15-14-18-43(59)54(65)72-47(37(4)30-41-20-22-45(73-55(57)58)48(31-41)68-9)33-44(60)36(3)29-39(6)50(62)51(69-10)49(61)38(5)28-34/h11-13,16-17,29,34,36-38,40-43,45-48,50-51,55,62,66H,14-15,18-28,30-33H2,1-10H3/b13-11?,16-12+,35-17?,39-29+/t34-,36-,37-,38-,40-,41+,42+,43+,45-,46+,47+,48-,50-,51+,56-/m1/s1. The first-order valence-electron chi connectivity index (χ1n) is 26.7. The van der Waals surface area contributed by atoms with Crippen molar-refractivity contribution in [3.05, 3.63) is 47.6 Å². The molecule has 2 saturated heterocycles. The average molecular weight is 1050 g/mol. The second-order valence-corrected chi connectivity index (χ2v) is 21.2. The van der Waals surface area contributed by atoms with E-state index in [4.69, 9.17) is 37.9 Å². The average Bonchev–Trinajstić information content (AvgIpc) is 3.37. The van der Waals surface area contributed by atoms with Gasteiger partial charge in [-0.05, 0) is 107 Å². The number of halogens is 2. The fourth-order valence-corrected chi connectivity index (χ4v) is 10.8. The summed E-state index contributed by atoms with van der Waals surface area (Å²) >= 11 is 0. The van der Waals surface area contributed by atoms with E-state index in [9.17, 15) is 43.0 Å². The molecule has 2 N–H and O–H groups in total. The molecule has 1 aliphatic carbocycles. The van der Waals surface area contributed by atoms with Crippen molar-refractivity contribution in [2.24, 2.45) is 35.5 Å². The molecule has 0 radical (unpaired) electrons. The second-order valence-electron chi connectivity index (χ2n) is 21.2. The lowest BCUT2D eigenvalue weighted by Gasteiger charge is -2.43. The summed E-state index contributed by atoms with van der Waals surface area (Å²) in [7, 11) is 4.38. The van der Waals surface area contributed by atoms with E-state index < -0.39 is 102 Å². The normalized spacial score (nSPS) is 35.9. The first-order valence-corrected chi connectivity index (χ1v) is 26.7. The first kappa shape index (κ1) is 62.9. The third-order valence-corrected chi connectivity index (χ3v) is 15.4. The summed E-state index contributed by atoms with van der Waals surface area (Å²) in [6.07, 6.45) is 8.87. The van der Waals surface area contributed by atoms with Gasteiger partial charge in [0.05, 0.1) is 50.8 Å². The maximum atomic E-state index is 14.5. The van der Waals surface area contributed by atoms with Crippen molar-refractivity contribution >= 4 is 29.2 Å². The van der Waals surface area contributed by atoms with E-state index in [0.717, 1.165) is 10.5 Å². The van der Waals surface area contributed by atoms with Crippen LogP contribution >= 0.6 is 0 Å². The van der Waals surface area contributed by atoms with Crippen molar-refractivity contribution in [2.75, 3.05) is 54.3 Å². The van der Waals surface area contributed by atoms with E-state index >= 15 is 0 Å². The van der Waals surface area contributed by atoms with Crippen LogP contribution in [-0.2, 0) is 61.9 Å². The Labute approximate surface area is 437 Å². The van der Waals surface area contributed by atoms with Gasteiger partial charge in [-0.15, -0.1) is 0 Å². The van der Waals surface area contributed by atoms with Crippen molar-refractivity contribution < 1.29 is 80.9 Å². The fraction of sp³-hybridized carbons (Fsp3) is 0.768. The van der Waals surface area contributed by atoms with Gasteiger partial charge in [0.25, 0.3) is 11.7 Å². The molecule has 0 spiro atoms. The Morgan fingerprint density at radius 1 is 0.838 bits per heavy atom. The Bertz CT molecular complexity index is 1940. The molecule has 0 unspecified atom stereocenters. The number of aliphatic hydroxyl groups excluding tert-OH is 1. The monoisotopic (exact) mass is 1050 g/mol. The molecule has 3 fully saturated rings. The molecule has 18 heteroatoms. The van der Waals surface area contributed by atoms with E-state index in [0.29, 0.717) is 76.6 Å². The quantitative estimate of drug-likeness (QED) is 0.0751. The van der Waals surface area contributed by atoms with Crippen LogP contribution in [0.3, 0.4) is 0 Å². The van der Waals surface area contributed by atoms with Crippen molar-refractivity contribution in [3.8, 4) is 0 Å². The van der Waals surface area contributed by atoms with Gasteiger partial charge in [-0.3, -0.25) is 19.2 Å². The summed E-state index contributed by atoms with van der Waals surface area (Å²) in [4.78, 5) is 72.6. The van der Waals surface area contributed by atoms with Crippen LogP contribution in [0.5, 0.6) is 0 Å². The maximum absolute atomic E-state index is 14.5. The summed E-state index contributed by atoms with van der Waals surface area (Å²) < 4.78 is 72.1. The molecule has 3 heterocycles. The molecule has 3 aliphatic heterocycles. The number of cyclic esters (lactones) is 1. The van der Waals surface area contributed by atoms with Crippen molar-refractivity contribution in [1.82, 2.24) is 4.90 Å². The lowest BCUT2D eigenvalue weighted by Crippen LogP contribution is -2.61. The lowest BCUT2D eigenvalue weighted by atomic mass is 9.78. The zero-order valence-electron chi connectivity index (χ0n) is 45.5. The van der Waals surface area contributed by atoms with Crippen molar-refractivity contribution in [3.63, 3.8) is 0 Å². The molecule has 0 aromatic heterocycles. The molecule has 1 saturated carbocycles. The highest BCUT2D eigenvalue weighted by molar-refractivity contribution is 6.39. The highest BCUT2D eigenvalue weighted by Gasteiger charge is 2.53. The Morgan fingerprint density at radius 2 is 1.57 bits per heavy atom. The second kappa shape index (κ2) is 31.0. The molecule has 0 aromatic carbocycles. The van der Waals surface area contributed by atoms with Gasteiger partial charge in [-0.2, -0.15) is 8.78 Å². The van der Waals surface area contributed by atoms with Gasteiger partial charge >= 0.3 is 12.6 Å². The molecule has 15 atom stereocenters. The van der Waals surface area contributed by atoms with E-state index in [1.165, 1.54) is 14.2 Å². The largest absolute Gasteiger partial charge is 0.460 e. The zero-order valence-corrected chi connectivity index (χ0v) is 45.5. The summed E-state index contributed by atoms with van der Waals surface area (Å²) in [5, 5.41) is 23.6. The number of alkyl halides is 2. The molecule has 2 bridgehead atoms. The number of ether oxygens (including phenoxy) is 8. The smallest absolute Gasteiger partial charge is 0.345 e. The van der Waals surface area contributed by atoms with Crippen LogP contribution in [0.25, 0.3) is 0 Å². The Hall–Kier alpha value is -3.59. The molecular formula is C56H87F2NO15. The number of carbonyl (C=O) groups excluding carboxylic acids is 5. The van der Waals surface area contributed by atoms with Gasteiger partial charge in [0.1, 0.15) is 30.1 Å². The van der Waals surface area contributed by atoms with Crippen LogP contribution < -0.4 is 0 Å². The summed E-state index contributed by atoms with van der Waals surface area (Å²) in [5.41, 5.74) is 1.17. The van der Waals surface area contributed by atoms with Crippen LogP contribution in [-0.4, -0.2) is 160 Å². The Kier molecular flexibility index (Phi) is 26.3. The van der Waals surface area contributed by atoms with Gasteiger partial charge in [-0.25, -0.2) is 4.79 Å². The summed E-state index contributed by atoms with van der Waals surface area (Å²) in [5.74, 6) is -8.87. The molecular weight excluding hydrogens is 965 g/mol. The highest BCUT2D eigenvalue weighted by atomic mass is 19.3. The van der Waals surface area contributed by atoms with Gasteiger partial charge in [0.15, 0.2) is 5.78 Å². The predicted octanol–water partition coefficient (Wildman–Crippen LogP) is 7.46.